The highest BCUT2D eigenvalue weighted by Crippen LogP contribution is 2.63. The first-order valence-electron chi connectivity index (χ1n) is 8.49. The van der Waals surface area contributed by atoms with Crippen LogP contribution in [-0.2, 0) is 10.2 Å². The van der Waals surface area contributed by atoms with E-state index >= 15 is 0 Å². The fourth-order valence-corrected chi connectivity index (χ4v) is 4.91. The molecular weight excluding hydrogens is 310 g/mol. The van der Waals surface area contributed by atoms with Crippen molar-refractivity contribution in [2.45, 2.75) is 12.3 Å². The van der Waals surface area contributed by atoms with Crippen molar-refractivity contribution in [2.75, 3.05) is 7.05 Å². The summed E-state index contributed by atoms with van der Waals surface area (Å²) in [5.74, 6) is -0.311. The zero-order valence-corrected chi connectivity index (χ0v) is 14.1. The second kappa shape index (κ2) is 4.57. The summed E-state index contributed by atoms with van der Waals surface area (Å²) in [6.07, 6.45) is 4.17. The van der Waals surface area contributed by atoms with E-state index in [1.807, 2.05) is 48.5 Å². The standard InChI is InChI=1S/C22H17NO2/c1-13-17-12-11-15-9-6-10-16-19(15)22(17,21(25)23(2)20(16)24)18(13)14-7-4-3-5-8-14/h3-12,17H,1-2H3/t17-,22+/m1/s1. The lowest BCUT2D eigenvalue weighted by atomic mass is 9.47. The van der Waals surface area contributed by atoms with E-state index in [9.17, 15) is 9.59 Å². The maximum atomic E-state index is 13.5. The number of carbonyl (C=O) groups is 2. The molecule has 0 saturated carbocycles. The second-order valence-electron chi connectivity index (χ2n) is 7.01. The smallest absolute Gasteiger partial charge is 0.260 e. The molecule has 3 heteroatoms. The summed E-state index contributed by atoms with van der Waals surface area (Å²) in [5, 5.41) is 0. The SMILES string of the molecule is CC1=C(c2ccccc2)[C@]23C(=O)N(C)C(=O)c4cccc(c42)C=C[C@H]13. The van der Waals surface area contributed by atoms with Crippen molar-refractivity contribution in [3.63, 3.8) is 0 Å². The van der Waals surface area contributed by atoms with Gasteiger partial charge in [0.15, 0.2) is 0 Å². The molecule has 0 unspecified atom stereocenters. The molecule has 0 bridgehead atoms. The molecule has 0 fully saturated rings. The molecule has 5 rings (SSSR count). The molecule has 0 saturated heterocycles. The molecule has 2 amide bonds. The number of imide groups is 1. The normalized spacial score (nSPS) is 26.3. The third kappa shape index (κ3) is 1.47. The molecule has 2 aromatic rings. The van der Waals surface area contributed by atoms with Crippen LogP contribution in [0.15, 0.2) is 60.2 Å². The number of carbonyl (C=O) groups excluding carboxylic acids is 2. The Morgan fingerprint density at radius 3 is 2.52 bits per heavy atom. The minimum absolute atomic E-state index is 0.0133. The average Bonchev–Trinajstić information content (AvgIpc) is 2.64. The largest absolute Gasteiger partial charge is 0.281 e. The topological polar surface area (TPSA) is 37.4 Å². The predicted octanol–water partition coefficient (Wildman–Crippen LogP) is 3.67. The quantitative estimate of drug-likeness (QED) is 0.750. The van der Waals surface area contributed by atoms with E-state index in [-0.39, 0.29) is 17.7 Å². The van der Waals surface area contributed by atoms with E-state index in [1.54, 1.807) is 7.05 Å². The minimum atomic E-state index is -0.769. The van der Waals surface area contributed by atoms with E-state index in [4.69, 9.17) is 0 Å². The van der Waals surface area contributed by atoms with Gasteiger partial charge in [-0.1, -0.05) is 60.2 Å². The van der Waals surface area contributed by atoms with Gasteiger partial charge in [0.1, 0.15) is 5.41 Å². The Bertz CT molecular complexity index is 1020. The number of hydrogen-bond acceptors (Lipinski definition) is 2. The van der Waals surface area contributed by atoms with Gasteiger partial charge in [-0.2, -0.15) is 0 Å². The number of benzene rings is 2. The van der Waals surface area contributed by atoms with Crippen molar-refractivity contribution in [1.82, 2.24) is 4.90 Å². The second-order valence-corrected chi connectivity index (χ2v) is 7.01. The van der Waals surface area contributed by atoms with Crippen LogP contribution in [0.1, 0.15) is 34.0 Å². The Balaban J connectivity index is 1.90. The van der Waals surface area contributed by atoms with Crippen LogP contribution in [0.4, 0.5) is 0 Å². The molecule has 2 atom stereocenters. The number of amides is 2. The van der Waals surface area contributed by atoms with Crippen LogP contribution in [0.3, 0.4) is 0 Å². The highest BCUT2D eigenvalue weighted by Gasteiger charge is 2.64. The average molecular weight is 327 g/mol. The van der Waals surface area contributed by atoms with Crippen molar-refractivity contribution in [3.8, 4) is 0 Å². The zero-order valence-electron chi connectivity index (χ0n) is 14.1. The number of allylic oxidation sites excluding steroid dienone is 2. The Morgan fingerprint density at radius 2 is 1.76 bits per heavy atom. The Kier molecular flexibility index (Phi) is 2.63. The molecule has 1 heterocycles. The van der Waals surface area contributed by atoms with Crippen LogP contribution in [0.5, 0.6) is 0 Å². The zero-order chi connectivity index (χ0) is 17.3. The van der Waals surface area contributed by atoms with Crippen molar-refractivity contribution >= 4 is 23.5 Å². The summed E-state index contributed by atoms with van der Waals surface area (Å²) < 4.78 is 0. The van der Waals surface area contributed by atoms with E-state index < -0.39 is 5.41 Å². The maximum Gasteiger partial charge on any atom is 0.260 e. The van der Waals surface area contributed by atoms with Gasteiger partial charge in [-0.25, -0.2) is 0 Å². The van der Waals surface area contributed by atoms with Crippen molar-refractivity contribution in [3.05, 3.63) is 82.4 Å². The Hall–Kier alpha value is -2.94. The molecule has 122 valence electrons. The van der Waals surface area contributed by atoms with Crippen LogP contribution in [0.2, 0.25) is 0 Å². The first kappa shape index (κ1) is 14.4. The molecule has 2 aliphatic carbocycles. The molecule has 2 aromatic carbocycles. The van der Waals surface area contributed by atoms with Crippen LogP contribution in [0, 0.1) is 5.92 Å². The lowest BCUT2D eigenvalue weighted by molar-refractivity contribution is -0.133. The fourth-order valence-electron chi connectivity index (χ4n) is 4.91. The van der Waals surface area contributed by atoms with Crippen LogP contribution in [-0.4, -0.2) is 23.8 Å². The van der Waals surface area contributed by atoms with E-state index in [0.29, 0.717) is 5.56 Å². The predicted molar refractivity (Wildman–Crippen MR) is 96.8 cm³/mol. The molecule has 0 N–H and O–H groups in total. The Morgan fingerprint density at radius 1 is 1.00 bits per heavy atom. The summed E-state index contributed by atoms with van der Waals surface area (Å²) in [7, 11) is 1.60. The number of rotatable bonds is 1. The molecule has 0 radical (unpaired) electrons. The molecule has 3 nitrogen and oxygen atoms in total. The number of likely N-dealkylation sites (N-methyl/N-ethyl adjacent to an activating group) is 1. The monoisotopic (exact) mass is 327 g/mol. The minimum Gasteiger partial charge on any atom is -0.281 e. The third-order valence-electron chi connectivity index (χ3n) is 5.92. The summed E-state index contributed by atoms with van der Waals surface area (Å²) >= 11 is 0. The summed E-state index contributed by atoms with van der Waals surface area (Å²) in [6.45, 7) is 2.10. The first-order chi connectivity index (χ1) is 12.1. The van der Waals surface area contributed by atoms with Crippen LogP contribution >= 0.6 is 0 Å². The summed E-state index contributed by atoms with van der Waals surface area (Å²) in [4.78, 5) is 27.5. The molecule has 1 spiro atoms. The highest BCUT2D eigenvalue weighted by molar-refractivity contribution is 6.21. The van der Waals surface area contributed by atoms with E-state index in [0.717, 1.165) is 22.3 Å². The van der Waals surface area contributed by atoms with Crippen molar-refractivity contribution in [1.29, 1.82) is 0 Å². The number of hydrogen-bond donors (Lipinski definition) is 0. The molecular formula is C22H17NO2. The summed E-state index contributed by atoms with van der Waals surface area (Å²) in [6, 6.07) is 15.8. The third-order valence-corrected chi connectivity index (χ3v) is 5.92. The first-order valence-corrected chi connectivity index (χ1v) is 8.49. The van der Waals surface area contributed by atoms with E-state index in [1.165, 1.54) is 10.5 Å². The van der Waals surface area contributed by atoms with Gasteiger partial charge in [-0.15, -0.1) is 0 Å². The lowest BCUT2D eigenvalue weighted by Gasteiger charge is -2.55. The van der Waals surface area contributed by atoms with Gasteiger partial charge < -0.3 is 0 Å². The highest BCUT2D eigenvalue weighted by atomic mass is 16.2. The lowest BCUT2D eigenvalue weighted by Crippen LogP contribution is -2.61. The van der Waals surface area contributed by atoms with E-state index in [2.05, 4.69) is 19.1 Å². The van der Waals surface area contributed by atoms with Crippen LogP contribution in [0.25, 0.3) is 11.6 Å². The van der Waals surface area contributed by atoms with Crippen molar-refractivity contribution < 1.29 is 9.59 Å². The van der Waals surface area contributed by atoms with Gasteiger partial charge >= 0.3 is 0 Å². The van der Waals surface area contributed by atoms with Crippen LogP contribution < -0.4 is 0 Å². The van der Waals surface area contributed by atoms with Gasteiger partial charge in [0.05, 0.1) is 0 Å². The molecule has 3 aliphatic rings. The van der Waals surface area contributed by atoms with Gasteiger partial charge in [-0.05, 0) is 35.3 Å². The summed E-state index contributed by atoms with van der Waals surface area (Å²) in [5.41, 5.74) is 5.07. The maximum absolute atomic E-state index is 13.5. The molecule has 25 heavy (non-hydrogen) atoms. The molecule has 1 aliphatic heterocycles. The van der Waals surface area contributed by atoms with Crippen molar-refractivity contribution in [2.24, 2.45) is 5.92 Å². The fraction of sp³-hybridized carbons (Fsp3) is 0.182. The Labute approximate surface area is 146 Å². The number of nitrogens with zero attached hydrogens (tertiary/aromatic N) is 1. The van der Waals surface area contributed by atoms with Gasteiger partial charge in [0.25, 0.3) is 5.91 Å². The van der Waals surface area contributed by atoms with Gasteiger partial charge in [0.2, 0.25) is 5.91 Å². The molecule has 0 aromatic heterocycles. The van der Waals surface area contributed by atoms with Gasteiger partial charge in [-0.3, -0.25) is 14.5 Å². The van der Waals surface area contributed by atoms with Gasteiger partial charge in [0, 0.05) is 18.5 Å².